The second kappa shape index (κ2) is 11.0. The molecular weight excluding hydrogens is 440 g/mol. The van der Waals surface area contributed by atoms with Gasteiger partial charge in [-0.1, -0.05) is 66.7 Å². The zero-order chi connectivity index (χ0) is 24.0. The average Bonchev–Trinajstić information content (AvgIpc) is 2.90. The van der Waals surface area contributed by atoms with Gasteiger partial charge in [0.2, 0.25) is 0 Å². The van der Waals surface area contributed by atoms with Crippen molar-refractivity contribution in [2.45, 2.75) is 25.7 Å². The van der Waals surface area contributed by atoms with Crippen LogP contribution in [0, 0.1) is 10.1 Å². The van der Waals surface area contributed by atoms with Gasteiger partial charge in [0.25, 0.3) is 5.69 Å². The molecule has 0 saturated carbocycles. The van der Waals surface area contributed by atoms with Crippen LogP contribution in [0.25, 0.3) is 0 Å². The van der Waals surface area contributed by atoms with Gasteiger partial charge in [-0.3, -0.25) is 19.9 Å². The van der Waals surface area contributed by atoms with Gasteiger partial charge >= 0.3 is 0 Å². The zero-order valence-corrected chi connectivity index (χ0v) is 20.0. The van der Waals surface area contributed by atoms with E-state index in [1.54, 1.807) is 6.07 Å². The van der Waals surface area contributed by atoms with Crippen LogP contribution in [0.4, 0.5) is 11.4 Å². The first-order valence-electron chi connectivity index (χ1n) is 12.4. The van der Waals surface area contributed by atoms with Crippen LogP contribution in [0.15, 0.2) is 78.9 Å². The molecule has 0 bridgehead atoms. The minimum atomic E-state index is -0.278. The van der Waals surface area contributed by atoms with Gasteiger partial charge in [-0.25, -0.2) is 0 Å². The number of nitro benzene ring substituents is 1. The number of rotatable bonds is 7. The molecule has 0 aliphatic carbocycles. The maximum Gasteiger partial charge on any atom is 0.292 e. The molecule has 7 nitrogen and oxygen atoms in total. The molecule has 1 atom stereocenters. The molecule has 0 radical (unpaired) electrons. The summed E-state index contributed by atoms with van der Waals surface area (Å²) in [4.78, 5) is 18.7. The molecule has 3 aromatic carbocycles. The Labute approximate surface area is 206 Å². The fraction of sp³-hybridized carbons (Fsp3) is 0.357. The molecule has 0 aromatic heterocycles. The van der Waals surface area contributed by atoms with Crippen LogP contribution in [0.1, 0.15) is 29.3 Å². The van der Waals surface area contributed by atoms with E-state index in [2.05, 4.69) is 51.1 Å². The topological polar surface area (TPSA) is 62.1 Å². The van der Waals surface area contributed by atoms with Crippen LogP contribution in [0.2, 0.25) is 0 Å². The normalized spacial score (nSPS) is 19.5. The molecule has 0 amide bonds. The van der Waals surface area contributed by atoms with Crippen LogP contribution in [-0.2, 0) is 17.8 Å². The number of piperazine rings is 1. The van der Waals surface area contributed by atoms with Crippen molar-refractivity contribution in [2.24, 2.45) is 0 Å². The number of hydrogen-bond acceptors (Lipinski definition) is 6. The molecule has 2 heterocycles. The predicted molar refractivity (Wildman–Crippen MR) is 137 cm³/mol. The first-order valence-corrected chi connectivity index (χ1v) is 12.4. The highest BCUT2D eigenvalue weighted by Crippen LogP contribution is 2.35. The lowest BCUT2D eigenvalue weighted by Gasteiger charge is -2.37. The van der Waals surface area contributed by atoms with Gasteiger partial charge in [-0.2, -0.15) is 0 Å². The highest BCUT2D eigenvalue weighted by atomic mass is 16.6. The monoisotopic (exact) mass is 472 g/mol. The fourth-order valence-electron chi connectivity index (χ4n) is 5.07. The Morgan fingerprint density at radius 2 is 1.49 bits per heavy atom. The number of anilines is 1. The van der Waals surface area contributed by atoms with Crippen molar-refractivity contribution in [3.05, 3.63) is 106 Å². The van der Waals surface area contributed by atoms with Gasteiger partial charge in [-0.05, 0) is 23.6 Å². The van der Waals surface area contributed by atoms with Gasteiger partial charge in [0, 0.05) is 57.4 Å². The van der Waals surface area contributed by atoms with Gasteiger partial charge in [0.15, 0.2) is 0 Å². The molecule has 1 unspecified atom stereocenters. The van der Waals surface area contributed by atoms with Gasteiger partial charge < -0.3 is 9.64 Å². The Hall–Kier alpha value is -3.26. The second-order valence-corrected chi connectivity index (χ2v) is 9.29. The van der Waals surface area contributed by atoms with Crippen LogP contribution >= 0.6 is 0 Å². The lowest BCUT2D eigenvalue weighted by molar-refractivity contribution is -0.384. The minimum absolute atomic E-state index is 0.160. The molecule has 0 spiro atoms. The summed E-state index contributed by atoms with van der Waals surface area (Å²) in [5, 5.41) is 12.1. The Kier molecular flexibility index (Phi) is 7.37. The van der Waals surface area contributed by atoms with E-state index < -0.39 is 0 Å². The van der Waals surface area contributed by atoms with Gasteiger partial charge in [0.05, 0.1) is 11.5 Å². The van der Waals surface area contributed by atoms with E-state index in [4.69, 9.17) is 4.74 Å². The van der Waals surface area contributed by atoms with E-state index >= 15 is 0 Å². The lowest BCUT2D eigenvalue weighted by atomic mass is 10.1. The smallest absolute Gasteiger partial charge is 0.292 e. The summed E-state index contributed by atoms with van der Waals surface area (Å²) in [6.45, 7) is 6.53. The maximum absolute atomic E-state index is 12.1. The van der Waals surface area contributed by atoms with E-state index in [9.17, 15) is 10.1 Å². The largest absolute Gasteiger partial charge is 0.363 e. The summed E-state index contributed by atoms with van der Waals surface area (Å²) in [6, 6.07) is 26.4. The van der Waals surface area contributed by atoms with Crippen molar-refractivity contribution in [1.29, 1.82) is 0 Å². The Morgan fingerprint density at radius 1 is 0.829 bits per heavy atom. The second-order valence-electron chi connectivity index (χ2n) is 9.29. The summed E-state index contributed by atoms with van der Waals surface area (Å²) in [6.07, 6.45) is 0.677. The SMILES string of the molecule is O=[N+]([O-])c1cc(C2OCCCN2Cc2ccccc2)ccc1N1CCN(Cc2ccccc2)CC1. The molecule has 35 heavy (non-hydrogen) atoms. The zero-order valence-electron chi connectivity index (χ0n) is 20.0. The van der Waals surface area contributed by atoms with Crippen molar-refractivity contribution in [2.75, 3.05) is 44.2 Å². The van der Waals surface area contributed by atoms with Crippen LogP contribution in [0.5, 0.6) is 0 Å². The van der Waals surface area contributed by atoms with Crippen molar-refractivity contribution in [1.82, 2.24) is 9.80 Å². The fourth-order valence-corrected chi connectivity index (χ4v) is 5.07. The summed E-state index contributed by atoms with van der Waals surface area (Å²) < 4.78 is 6.12. The number of benzene rings is 3. The quantitative estimate of drug-likeness (QED) is 0.362. The number of hydrogen-bond donors (Lipinski definition) is 0. The summed E-state index contributed by atoms with van der Waals surface area (Å²) in [5.41, 5.74) is 4.21. The lowest BCUT2D eigenvalue weighted by Crippen LogP contribution is -2.46. The minimum Gasteiger partial charge on any atom is -0.363 e. The van der Waals surface area contributed by atoms with Crippen molar-refractivity contribution >= 4 is 11.4 Å². The van der Waals surface area contributed by atoms with Crippen molar-refractivity contribution in [3.8, 4) is 0 Å². The summed E-state index contributed by atoms with van der Waals surface area (Å²) >= 11 is 0. The Bertz CT molecular complexity index is 1120. The number of nitrogens with zero attached hydrogens (tertiary/aromatic N) is 4. The highest BCUT2D eigenvalue weighted by Gasteiger charge is 2.29. The van der Waals surface area contributed by atoms with Crippen LogP contribution in [0.3, 0.4) is 0 Å². The molecule has 3 aromatic rings. The third-order valence-corrected chi connectivity index (χ3v) is 6.87. The highest BCUT2D eigenvalue weighted by molar-refractivity contribution is 5.65. The molecule has 2 saturated heterocycles. The van der Waals surface area contributed by atoms with Crippen LogP contribution in [-0.4, -0.2) is 54.1 Å². The third-order valence-electron chi connectivity index (χ3n) is 6.87. The molecule has 182 valence electrons. The molecule has 2 aliphatic heterocycles. The standard InChI is InChI=1S/C28H32N4O3/c33-32(34)27-20-25(28-31(14-7-19-35-28)22-24-10-5-2-6-11-24)12-13-26(27)30-17-15-29(16-18-30)21-23-8-3-1-4-9-23/h1-6,8-13,20,28H,7,14-19,21-22H2. The van der Waals surface area contributed by atoms with E-state index in [1.807, 2.05) is 36.4 Å². The average molecular weight is 473 g/mol. The molecule has 0 N–H and O–H groups in total. The van der Waals surface area contributed by atoms with Gasteiger partial charge in [-0.15, -0.1) is 0 Å². The first-order chi connectivity index (χ1) is 17.2. The van der Waals surface area contributed by atoms with Gasteiger partial charge in [0.1, 0.15) is 11.9 Å². The number of nitro groups is 1. The maximum atomic E-state index is 12.1. The third kappa shape index (κ3) is 5.70. The summed E-state index contributed by atoms with van der Waals surface area (Å²) in [7, 11) is 0. The van der Waals surface area contributed by atoms with Crippen LogP contribution < -0.4 is 4.90 Å². The van der Waals surface area contributed by atoms with E-state index in [-0.39, 0.29) is 16.8 Å². The summed E-state index contributed by atoms with van der Waals surface area (Å²) in [5.74, 6) is 0. The molecule has 7 heteroatoms. The molecule has 5 rings (SSSR count). The predicted octanol–water partition coefficient (Wildman–Crippen LogP) is 4.84. The van der Waals surface area contributed by atoms with Crippen molar-refractivity contribution in [3.63, 3.8) is 0 Å². The van der Waals surface area contributed by atoms with E-state index in [0.29, 0.717) is 12.3 Å². The van der Waals surface area contributed by atoms with Crippen molar-refractivity contribution < 1.29 is 9.66 Å². The Morgan fingerprint density at radius 3 is 2.14 bits per heavy atom. The number of ether oxygens (including phenoxy) is 1. The molecule has 2 fully saturated rings. The van der Waals surface area contributed by atoms with E-state index in [0.717, 1.165) is 57.8 Å². The first kappa shape index (κ1) is 23.5. The molecular formula is C28H32N4O3. The molecule has 2 aliphatic rings. The Balaban J connectivity index is 1.30. The van der Waals surface area contributed by atoms with E-state index in [1.165, 1.54) is 11.1 Å².